The molecule has 2 aromatic rings. The van der Waals surface area contributed by atoms with Gasteiger partial charge < -0.3 is 9.47 Å². The van der Waals surface area contributed by atoms with Crippen molar-refractivity contribution in [1.29, 1.82) is 0 Å². The zero-order valence-corrected chi connectivity index (χ0v) is 12.8. The first-order chi connectivity index (χ1) is 10.7. The van der Waals surface area contributed by atoms with Crippen LogP contribution in [-0.4, -0.2) is 30.5 Å². The van der Waals surface area contributed by atoms with Gasteiger partial charge in [-0.15, -0.1) is 0 Å². The molecule has 22 heavy (non-hydrogen) atoms. The monoisotopic (exact) mass is 301 g/mol. The second kappa shape index (κ2) is 7.54. The minimum atomic E-state index is -0.300. The van der Waals surface area contributed by atoms with Gasteiger partial charge in [-0.3, -0.25) is 14.6 Å². The molecule has 0 spiro atoms. The van der Waals surface area contributed by atoms with Crippen molar-refractivity contribution in [3.8, 4) is 5.75 Å². The Balaban J connectivity index is 2.22. The lowest BCUT2D eigenvalue weighted by Gasteiger charge is -2.10. The van der Waals surface area contributed by atoms with E-state index in [1.54, 1.807) is 24.4 Å². The number of pyridine rings is 1. The van der Waals surface area contributed by atoms with E-state index < -0.39 is 0 Å². The lowest BCUT2D eigenvalue weighted by Crippen LogP contribution is -2.05. The lowest BCUT2D eigenvalue weighted by atomic mass is 10.0. The molecule has 116 valence electrons. The largest absolute Gasteiger partial charge is 0.492 e. The minimum Gasteiger partial charge on any atom is -0.492 e. The van der Waals surface area contributed by atoms with Crippen LogP contribution < -0.4 is 4.74 Å². The molecule has 0 aliphatic rings. The normalized spacial score (nSPS) is 10.5. The van der Waals surface area contributed by atoms with Crippen molar-refractivity contribution in [2.45, 2.75) is 26.2 Å². The predicted octanol–water partition coefficient (Wildman–Crippen LogP) is 3.16. The fourth-order valence-corrected chi connectivity index (χ4v) is 2.29. The standard InChI is InChI=1S/C17H19NO4/c1-3-22-15-10-9-12(13-6-5-11-18-17(13)15)14(19)7-4-8-16(20)21-2/h5-6,9-11H,3-4,7-8H2,1-2H3. The van der Waals surface area contributed by atoms with E-state index in [0.29, 0.717) is 36.3 Å². The Morgan fingerprint density at radius 2 is 2.00 bits per heavy atom. The lowest BCUT2D eigenvalue weighted by molar-refractivity contribution is -0.140. The Labute approximate surface area is 129 Å². The van der Waals surface area contributed by atoms with Crippen LogP contribution in [0.3, 0.4) is 0 Å². The van der Waals surface area contributed by atoms with E-state index in [-0.39, 0.29) is 18.2 Å². The zero-order valence-electron chi connectivity index (χ0n) is 12.8. The number of rotatable bonds is 7. The summed E-state index contributed by atoms with van der Waals surface area (Å²) in [6.45, 7) is 2.44. The van der Waals surface area contributed by atoms with E-state index in [1.165, 1.54) is 7.11 Å². The first kappa shape index (κ1) is 15.9. The molecule has 0 aliphatic carbocycles. The predicted molar refractivity (Wildman–Crippen MR) is 83.1 cm³/mol. The number of carbonyl (C=O) groups is 2. The van der Waals surface area contributed by atoms with Crippen molar-refractivity contribution < 1.29 is 19.1 Å². The second-order valence-corrected chi connectivity index (χ2v) is 4.80. The second-order valence-electron chi connectivity index (χ2n) is 4.80. The van der Waals surface area contributed by atoms with Crippen LogP contribution in [0.5, 0.6) is 5.75 Å². The van der Waals surface area contributed by atoms with Gasteiger partial charge in [0.05, 0.1) is 13.7 Å². The number of aromatic nitrogens is 1. The Kier molecular flexibility index (Phi) is 5.47. The van der Waals surface area contributed by atoms with E-state index in [1.807, 2.05) is 13.0 Å². The van der Waals surface area contributed by atoms with Crippen LogP contribution in [0, 0.1) is 0 Å². The molecule has 0 fully saturated rings. The number of ketones is 1. The van der Waals surface area contributed by atoms with Crippen LogP contribution in [0.1, 0.15) is 36.5 Å². The number of nitrogens with zero attached hydrogens (tertiary/aromatic N) is 1. The average molecular weight is 301 g/mol. The van der Waals surface area contributed by atoms with E-state index in [4.69, 9.17) is 4.74 Å². The van der Waals surface area contributed by atoms with Crippen LogP contribution in [-0.2, 0) is 9.53 Å². The number of carbonyl (C=O) groups excluding carboxylic acids is 2. The van der Waals surface area contributed by atoms with Crippen molar-refractivity contribution in [2.24, 2.45) is 0 Å². The number of Topliss-reactive ketones (excluding diaryl/α,β-unsaturated/α-hetero) is 1. The van der Waals surface area contributed by atoms with Crippen molar-refractivity contribution in [3.63, 3.8) is 0 Å². The molecule has 0 amide bonds. The molecule has 0 unspecified atom stereocenters. The number of benzene rings is 1. The van der Waals surface area contributed by atoms with Gasteiger partial charge in [-0.05, 0) is 31.5 Å². The molecule has 0 saturated heterocycles. The fourth-order valence-electron chi connectivity index (χ4n) is 2.29. The van der Waals surface area contributed by atoms with Gasteiger partial charge >= 0.3 is 5.97 Å². The molecule has 1 aromatic heterocycles. The van der Waals surface area contributed by atoms with Gasteiger partial charge in [0.25, 0.3) is 0 Å². The van der Waals surface area contributed by atoms with E-state index in [0.717, 1.165) is 5.39 Å². The molecule has 5 heteroatoms. The maximum absolute atomic E-state index is 12.4. The Morgan fingerprint density at radius 1 is 1.18 bits per heavy atom. The summed E-state index contributed by atoms with van der Waals surface area (Å²) in [5.41, 5.74) is 1.29. The molecule has 5 nitrogen and oxygen atoms in total. The summed E-state index contributed by atoms with van der Waals surface area (Å²) in [6.07, 6.45) is 2.69. The van der Waals surface area contributed by atoms with Gasteiger partial charge in [0.15, 0.2) is 5.78 Å². The van der Waals surface area contributed by atoms with Crippen LogP contribution >= 0.6 is 0 Å². The first-order valence-electron chi connectivity index (χ1n) is 7.28. The molecule has 0 atom stereocenters. The molecule has 1 aromatic carbocycles. The Bertz CT molecular complexity index is 681. The SMILES string of the molecule is CCOc1ccc(C(=O)CCCC(=O)OC)c2cccnc12. The highest BCUT2D eigenvalue weighted by Crippen LogP contribution is 2.27. The van der Waals surface area contributed by atoms with Crippen LogP contribution in [0.25, 0.3) is 10.9 Å². The first-order valence-corrected chi connectivity index (χ1v) is 7.28. The number of hydrogen-bond acceptors (Lipinski definition) is 5. The van der Waals surface area contributed by atoms with Crippen molar-refractivity contribution in [2.75, 3.05) is 13.7 Å². The molecule has 1 heterocycles. The highest BCUT2D eigenvalue weighted by atomic mass is 16.5. The van der Waals surface area contributed by atoms with Gasteiger partial charge in [-0.1, -0.05) is 6.07 Å². The molecule has 0 radical (unpaired) electrons. The van der Waals surface area contributed by atoms with Crippen LogP contribution in [0.15, 0.2) is 30.5 Å². The van der Waals surface area contributed by atoms with Gasteiger partial charge in [0.2, 0.25) is 0 Å². The molecule has 0 aliphatic heterocycles. The highest BCUT2D eigenvalue weighted by molar-refractivity contribution is 6.08. The Morgan fingerprint density at radius 3 is 2.73 bits per heavy atom. The number of esters is 1. The summed E-state index contributed by atoms with van der Waals surface area (Å²) < 4.78 is 10.1. The molecule has 0 N–H and O–H groups in total. The fraction of sp³-hybridized carbons (Fsp3) is 0.353. The number of ether oxygens (including phenoxy) is 2. The number of hydrogen-bond donors (Lipinski definition) is 0. The van der Waals surface area contributed by atoms with Gasteiger partial charge in [0.1, 0.15) is 11.3 Å². The summed E-state index contributed by atoms with van der Waals surface area (Å²) in [7, 11) is 1.34. The summed E-state index contributed by atoms with van der Waals surface area (Å²) in [4.78, 5) is 27.8. The molecule has 2 rings (SSSR count). The third-order valence-electron chi connectivity index (χ3n) is 3.35. The van der Waals surface area contributed by atoms with Crippen molar-refractivity contribution in [1.82, 2.24) is 4.98 Å². The summed E-state index contributed by atoms with van der Waals surface area (Å²) in [5.74, 6) is 0.361. The zero-order chi connectivity index (χ0) is 15.9. The van der Waals surface area contributed by atoms with E-state index in [9.17, 15) is 9.59 Å². The van der Waals surface area contributed by atoms with Crippen molar-refractivity contribution in [3.05, 3.63) is 36.0 Å². The van der Waals surface area contributed by atoms with Gasteiger partial charge in [-0.25, -0.2) is 0 Å². The van der Waals surface area contributed by atoms with Crippen molar-refractivity contribution >= 4 is 22.7 Å². The third-order valence-corrected chi connectivity index (χ3v) is 3.35. The number of fused-ring (bicyclic) bond motifs is 1. The molecular formula is C17H19NO4. The van der Waals surface area contributed by atoms with Gasteiger partial charge in [-0.2, -0.15) is 0 Å². The van der Waals surface area contributed by atoms with Crippen LogP contribution in [0.2, 0.25) is 0 Å². The van der Waals surface area contributed by atoms with Gasteiger partial charge in [0, 0.05) is 30.0 Å². The molecule has 0 bridgehead atoms. The third kappa shape index (κ3) is 3.61. The van der Waals surface area contributed by atoms with Crippen LogP contribution in [0.4, 0.5) is 0 Å². The maximum atomic E-state index is 12.4. The summed E-state index contributed by atoms with van der Waals surface area (Å²) >= 11 is 0. The topological polar surface area (TPSA) is 65.5 Å². The Hall–Kier alpha value is -2.43. The molecular weight excluding hydrogens is 282 g/mol. The number of methoxy groups -OCH3 is 1. The average Bonchev–Trinajstić information content (AvgIpc) is 2.55. The van der Waals surface area contributed by atoms with E-state index in [2.05, 4.69) is 9.72 Å². The smallest absolute Gasteiger partial charge is 0.305 e. The minimum absolute atomic E-state index is 0.00930. The highest BCUT2D eigenvalue weighted by Gasteiger charge is 2.14. The molecule has 0 saturated carbocycles. The summed E-state index contributed by atoms with van der Waals surface area (Å²) in [5, 5.41) is 0.775. The quantitative estimate of drug-likeness (QED) is 0.580. The maximum Gasteiger partial charge on any atom is 0.305 e. The summed E-state index contributed by atoms with van der Waals surface area (Å²) in [6, 6.07) is 7.18. The van der Waals surface area contributed by atoms with E-state index >= 15 is 0 Å².